The number of amides is 2. The van der Waals surface area contributed by atoms with Crippen molar-refractivity contribution in [1.29, 1.82) is 0 Å². The Balaban J connectivity index is 2.27. The number of hydrogen-bond acceptors (Lipinski definition) is 3. The molecule has 0 spiro atoms. The minimum atomic E-state index is -2.63. The van der Waals surface area contributed by atoms with Gasteiger partial charge < -0.3 is 15.3 Å². The van der Waals surface area contributed by atoms with Crippen molar-refractivity contribution >= 4 is 17.5 Å². The highest BCUT2D eigenvalue weighted by molar-refractivity contribution is 6.02. The monoisotopic (exact) mass is 310 g/mol. The van der Waals surface area contributed by atoms with Gasteiger partial charge in [-0.05, 0) is 37.1 Å². The first-order valence-corrected chi connectivity index (χ1v) is 6.79. The first-order valence-electron chi connectivity index (χ1n) is 6.79. The number of benzene rings is 1. The third-order valence-corrected chi connectivity index (χ3v) is 3.53. The van der Waals surface area contributed by atoms with Crippen molar-refractivity contribution in [3.63, 3.8) is 0 Å². The average molecular weight is 310 g/mol. The molecule has 1 aliphatic rings. The van der Waals surface area contributed by atoms with Gasteiger partial charge in [-0.15, -0.1) is 0 Å². The number of nitrogens with zero attached hydrogens (tertiary/aromatic N) is 1. The van der Waals surface area contributed by atoms with E-state index in [0.717, 1.165) is 11.0 Å². The summed E-state index contributed by atoms with van der Waals surface area (Å²) in [6.07, 6.45) is -0.843. The molecule has 1 atom stereocenters. The van der Waals surface area contributed by atoms with Crippen LogP contribution in [0.15, 0.2) is 30.9 Å². The fraction of sp³-hybridized carbons (Fsp3) is 0.333. The second-order valence-electron chi connectivity index (χ2n) is 4.97. The lowest BCUT2D eigenvalue weighted by atomic mass is 10.1. The molecule has 0 aliphatic carbocycles. The van der Waals surface area contributed by atoms with Crippen molar-refractivity contribution in [2.75, 3.05) is 11.9 Å². The highest BCUT2D eigenvalue weighted by Gasteiger charge is 2.36. The lowest BCUT2D eigenvalue weighted by molar-refractivity contribution is -0.111. The molecule has 5 nitrogen and oxygen atoms in total. The molecule has 2 amide bonds. The predicted octanol–water partition coefficient (Wildman–Crippen LogP) is 2.39. The third-order valence-electron chi connectivity index (χ3n) is 3.53. The second-order valence-corrected chi connectivity index (χ2v) is 4.97. The maximum absolute atomic E-state index is 12.9. The van der Waals surface area contributed by atoms with E-state index in [2.05, 4.69) is 11.9 Å². The highest BCUT2D eigenvalue weighted by atomic mass is 19.3. The molecule has 1 heterocycles. The molecule has 2 rings (SSSR count). The molecular formula is C15H16F2N2O3. The number of carbonyl (C=O) groups is 2. The molecule has 1 saturated heterocycles. The number of halogens is 2. The molecule has 0 aromatic heterocycles. The van der Waals surface area contributed by atoms with Gasteiger partial charge in [0.2, 0.25) is 5.91 Å². The molecule has 1 aromatic carbocycles. The fourth-order valence-corrected chi connectivity index (χ4v) is 2.44. The summed E-state index contributed by atoms with van der Waals surface area (Å²) < 4.78 is 25.9. The number of aromatic hydroxyl groups is 1. The van der Waals surface area contributed by atoms with Crippen LogP contribution in [-0.4, -0.2) is 40.8 Å². The van der Waals surface area contributed by atoms with Gasteiger partial charge in [0.05, 0.1) is 11.6 Å². The summed E-state index contributed by atoms with van der Waals surface area (Å²) in [6, 6.07) is 2.76. The molecular weight excluding hydrogens is 294 g/mol. The van der Waals surface area contributed by atoms with Crippen LogP contribution >= 0.6 is 0 Å². The van der Waals surface area contributed by atoms with Crippen molar-refractivity contribution in [2.45, 2.75) is 25.3 Å². The van der Waals surface area contributed by atoms with Gasteiger partial charge in [0.25, 0.3) is 12.3 Å². The lowest BCUT2D eigenvalue weighted by Crippen LogP contribution is -2.39. The zero-order valence-corrected chi connectivity index (χ0v) is 11.8. The Kier molecular flexibility index (Phi) is 4.75. The van der Waals surface area contributed by atoms with Gasteiger partial charge >= 0.3 is 0 Å². The van der Waals surface area contributed by atoms with Crippen LogP contribution < -0.4 is 5.32 Å². The Morgan fingerprint density at radius 2 is 2.18 bits per heavy atom. The van der Waals surface area contributed by atoms with Gasteiger partial charge in [-0.25, -0.2) is 8.78 Å². The first kappa shape index (κ1) is 15.9. The minimum Gasteiger partial charge on any atom is -0.507 e. The topological polar surface area (TPSA) is 69.6 Å². The van der Waals surface area contributed by atoms with Crippen molar-refractivity contribution in [2.24, 2.45) is 0 Å². The Morgan fingerprint density at radius 3 is 2.82 bits per heavy atom. The number of carbonyl (C=O) groups excluding carboxylic acids is 2. The zero-order valence-electron chi connectivity index (χ0n) is 11.8. The van der Waals surface area contributed by atoms with E-state index in [4.69, 9.17) is 0 Å². The standard InChI is InChI=1S/C15H16F2N2O3/c1-2-13(21)18-9-5-6-12(20)10(8-9)15(22)19-7-3-4-11(19)14(16)17/h2,5-6,8,11,14,20H,1,3-4,7H2,(H,18,21)/t11-/m0/s1. The largest absolute Gasteiger partial charge is 0.507 e. The van der Waals surface area contributed by atoms with Gasteiger partial charge in [-0.3, -0.25) is 9.59 Å². The Labute approximate surface area is 126 Å². The molecule has 1 aromatic rings. The summed E-state index contributed by atoms with van der Waals surface area (Å²) in [5.74, 6) is -1.47. The van der Waals surface area contributed by atoms with Crippen LogP contribution in [0.4, 0.5) is 14.5 Å². The summed E-state index contributed by atoms with van der Waals surface area (Å²) in [5, 5.41) is 12.3. The predicted molar refractivity (Wildman–Crippen MR) is 77.0 cm³/mol. The van der Waals surface area contributed by atoms with Crippen LogP contribution in [0.1, 0.15) is 23.2 Å². The first-order chi connectivity index (χ1) is 10.4. The number of phenols is 1. The summed E-state index contributed by atoms with van der Waals surface area (Å²) in [4.78, 5) is 24.7. The highest BCUT2D eigenvalue weighted by Crippen LogP contribution is 2.29. The van der Waals surface area contributed by atoms with E-state index in [1.165, 1.54) is 18.2 Å². The maximum Gasteiger partial charge on any atom is 0.258 e. The van der Waals surface area contributed by atoms with Gasteiger partial charge in [0, 0.05) is 12.2 Å². The number of rotatable bonds is 4. The van der Waals surface area contributed by atoms with Crippen molar-refractivity contribution in [3.05, 3.63) is 36.4 Å². The molecule has 1 aliphatic heterocycles. The Morgan fingerprint density at radius 1 is 1.45 bits per heavy atom. The summed E-state index contributed by atoms with van der Waals surface area (Å²) in [5.41, 5.74) is 0.160. The molecule has 7 heteroatoms. The number of phenolic OH excluding ortho intramolecular Hbond substituents is 1. The zero-order chi connectivity index (χ0) is 16.3. The number of nitrogens with one attached hydrogen (secondary N) is 1. The number of alkyl halides is 2. The summed E-state index contributed by atoms with van der Waals surface area (Å²) >= 11 is 0. The third kappa shape index (κ3) is 3.24. The normalized spacial score (nSPS) is 17.6. The molecule has 0 saturated carbocycles. The molecule has 1 fully saturated rings. The molecule has 0 bridgehead atoms. The average Bonchev–Trinajstić information content (AvgIpc) is 2.98. The quantitative estimate of drug-likeness (QED) is 0.662. The van der Waals surface area contributed by atoms with E-state index >= 15 is 0 Å². The van der Waals surface area contributed by atoms with E-state index in [0.29, 0.717) is 6.42 Å². The molecule has 22 heavy (non-hydrogen) atoms. The van der Waals surface area contributed by atoms with Crippen LogP contribution in [0.25, 0.3) is 0 Å². The SMILES string of the molecule is C=CC(=O)Nc1ccc(O)c(C(=O)N2CCC[C@H]2C(F)F)c1. The van der Waals surface area contributed by atoms with E-state index < -0.39 is 24.3 Å². The maximum atomic E-state index is 12.9. The smallest absolute Gasteiger partial charge is 0.258 e. The van der Waals surface area contributed by atoms with Crippen LogP contribution in [0.5, 0.6) is 5.75 Å². The lowest BCUT2D eigenvalue weighted by Gasteiger charge is -2.24. The summed E-state index contributed by atoms with van der Waals surface area (Å²) in [6.45, 7) is 3.52. The van der Waals surface area contributed by atoms with Crippen molar-refractivity contribution in [3.8, 4) is 5.75 Å². The number of anilines is 1. The number of likely N-dealkylation sites (tertiary alicyclic amines) is 1. The van der Waals surface area contributed by atoms with Gasteiger partial charge in [0.1, 0.15) is 5.75 Å². The van der Waals surface area contributed by atoms with E-state index in [1.807, 2.05) is 0 Å². The van der Waals surface area contributed by atoms with Crippen molar-refractivity contribution in [1.82, 2.24) is 4.90 Å². The number of hydrogen-bond donors (Lipinski definition) is 2. The molecule has 2 N–H and O–H groups in total. The Bertz CT molecular complexity index is 604. The van der Waals surface area contributed by atoms with E-state index in [1.54, 1.807) is 0 Å². The molecule has 118 valence electrons. The van der Waals surface area contributed by atoms with Crippen LogP contribution in [-0.2, 0) is 4.79 Å². The van der Waals surface area contributed by atoms with Crippen LogP contribution in [0.3, 0.4) is 0 Å². The fourth-order valence-electron chi connectivity index (χ4n) is 2.44. The Hall–Kier alpha value is -2.44. The van der Waals surface area contributed by atoms with Crippen LogP contribution in [0.2, 0.25) is 0 Å². The van der Waals surface area contributed by atoms with Gasteiger partial charge in [0.15, 0.2) is 0 Å². The molecule has 0 radical (unpaired) electrons. The van der Waals surface area contributed by atoms with Crippen molar-refractivity contribution < 1.29 is 23.5 Å². The van der Waals surface area contributed by atoms with Gasteiger partial charge in [-0.2, -0.15) is 0 Å². The molecule has 0 unspecified atom stereocenters. The second kappa shape index (κ2) is 6.55. The van der Waals surface area contributed by atoms with Crippen LogP contribution in [0, 0.1) is 0 Å². The minimum absolute atomic E-state index is 0.116. The summed E-state index contributed by atoms with van der Waals surface area (Å²) in [7, 11) is 0. The van der Waals surface area contributed by atoms with E-state index in [9.17, 15) is 23.5 Å². The van der Waals surface area contributed by atoms with E-state index in [-0.39, 0.29) is 30.0 Å². The van der Waals surface area contributed by atoms with Gasteiger partial charge in [-0.1, -0.05) is 6.58 Å².